The molecule has 0 radical (unpaired) electrons. The summed E-state index contributed by atoms with van der Waals surface area (Å²) >= 11 is 13.1. The molecular weight excluding hydrogens is 309 g/mol. The fourth-order valence-electron chi connectivity index (χ4n) is 1.18. The van der Waals surface area contributed by atoms with Gasteiger partial charge in [-0.3, -0.25) is 9.59 Å². The lowest BCUT2D eigenvalue weighted by atomic mass is 10.2. The molecule has 0 fully saturated rings. The standard InChI is InChI=1S/C12H13Cl2NO3S/c1-18-12(17)5-15-11(16)7-19-6-8-2-3-9(13)10(14)4-8/h2-4H,5-7H2,1H3,(H,15,16). The van der Waals surface area contributed by atoms with Crippen LogP contribution in [-0.4, -0.2) is 31.3 Å². The summed E-state index contributed by atoms with van der Waals surface area (Å²) in [5, 5.41) is 3.46. The van der Waals surface area contributed by atoms with Crippen molar-refractivity contribution in [2.24, 2.45) is 0 Å². The Morgan fingerprint density at radius 2 is 2.05 bits per heavy atom. The van der Waals surface area contributed by atoms with E-state index in [0.717, 1.165) is 5.56 Å². The fourth-order valence-corrected chi connectivity index (χ4v) is 2.31. The number of rotatable bonds is 6. The third-order valence-corrected chi connectivity index (χ3v) is 3.89. The molecule has 0 aliphatic carbocycles. The zero-order valence-corrected chi connectivity index (χ0v) is 12.6. The zero-order chi connectivity index (χ0) is 14.3. The van der Waals surface area contributed by atoms with Crippen molar-refractivity contribution in [3.05, 3.63) is 33.8 Å². The van der Waals surface area contributed by atoms with E-state index in [1.165, 1.54) is 18.9 Å². The summed E-state index contributed by atoms with van der Waals surface area (Å²) in [6, 6.07) is 5.34. The maximum Gasteiger partial charge on any atom is 0.325 e. The van der Waals surface area contributed by atoms with Crippen molar-refractivity contribution >= 4 is 46.8 Å². The average molecular weight is 322 g/mol. The number of methoxy groups -OCH3 is 1. The Balaban J connectivity index is 2.28. The predicted molar refractivity (Wildman–Crippen MR) is 77.6 cm³/mol. The highest BCUT2D eigenvalue weighted by Crippen LogP contribution is 2.24. The molecule has 0 aliphatic rings. The van der Waals surface area contributed by atoms with Crippen molar-refractivity contribution < 1.29 is 14.3 Å². The van der Waals surface area contributed by atoms with Crippen LogP contribution in [0.25, 0.3) is 0 Å². The number of esters is 1. The van der Waals surface area contributed by atoms with Crippen LogP contribution in [0.2, 0.25) is 10.0 Å². The average Bonchev–Trinajstić information content (AvgIpc) is 2.40. The van der Waals surface area contributed by atoms with E-state index in [-0.39, 0.29) is 18.2 Å². The number of thioether (sulfide) groups is 1. The normalized spacial score (nSPS) is 10.1. The van der Waals surface area contributed by atoms with Gasteiger partial charge in [-0.2, -0.15) is 0 Å². The van der Waals surface area contributed by atoms with Crippen LogP contribution in [-0.2, 0) is 20.1 Å². The van der Waals surface area contributed by atoms with Gasteiger partial charge in [0.15, 0.2) is 0 Å². The number of hydrogen-bond acceptors (Lipinski definition) is 4. The minimum Gasteiger partial charge on any atom is -0.468 e. The van der Waals surface area contributed by atoms with Crippen molar-refractivity contribution in [3.8, 4) is 0 Å². The zero-order valence-electron chi connectivity index (χ0n) is 10.2. The highest BCUT2D eigenvalue weighted by Gasteiger charge is 2.06. The maximum absolute atomic E-state index is 11.4. The van der Waals surface area contributed by atoms with Crippen LogP contribution >= 0.6 is 35.0 Å². The van der Waals surface area contributed by atoms with Gasteiger partial charge in [0.25, 0.3) is 0 Å². The second-order valence-corrected chi connectivity index (χ2v) is 5.39. The monoisotopic (exact) mass is 321 g/mol. The molecule has 0 bridgehead atoms. The lowest BCUT2D eigenvalue weighted by Gasteiger charge is -2.05. The van der Waals surface area contributed by atoms with E-state index >= 15 is 0 Å². The van der Waals surface area contributed by atoms with Gasteiger partial charge in [-0.05, 0) is 17.7 Å². The van der Waals surface area contributed by atoms with Gasteiger partial charge in [0.2, 0.25) is 5.91 Å². The molecule has 1 rings (SSSR count). The van der Waals surface area contributed by atoms with Crippen LogP contribution in [0.1, 0.15) is 5.56 Å². The third kappa shape index (κ3) is 6.18. The van der Waals surface area contributed by atoms with Crippen molar-refractivity contribution in [1.82, 2.24) is 5.32 Å². The maximum atomic E-state index is 11.4. The van der Waals surface area contributed by atoms with E-state index < -0.39 is 5.97 Å². The molecule has 0 unspecified atom stereocenters. The summed E-state index contributed by atoms with van der Waals surface area (Å²) < 4.78 is 4.41. The highest BCUT2D eigenvalue weighted by molar-refractivity contribution is 7.99. The first kappa shape index (κ1) is 16.1. The molecule has 0 saturated carbocycles. The van der Waals surface area contributed by atoms with Crippen LogP contribution in [0.3, 0.4) is 0 Å². The van der Waals surface area contributed by atoms with Crippen molar-refractivity contribution in [2.45, 2.75) is 5.75 Å². The molecule has 19 heavy (non-hydrogen) atoms. The molecule has 0 heterocycles. The number of nitrogens with one attached hydrogen (secondary N) is 1. The molecule has 104 valence electrons. The largest absolute Gasteiger partial charge is 0.468 e. The molecular formula is C12H13Cl2NO3S. The van der Waals surface area contributed by atoms with Gasteiger partial charge in [-0.1, -0.05) is 29.3 Å². The molecule has 0 aromatic heterocycles. The van der Waals surface area contributed by atoms with Gasteiger partial charge >= 0.3 is 5.97 Å². The molecule has 1 amide bonds. The van der Waals surface area contributed by atoms with E-state index in [0.29, 0.717) is 15.8 Å². The minimum absolute atomic E-state index is 0.108. The first-order valence-corrected chi connectivity index (χ1v) is 7.29. The first-order chi connectivity index (χ1) is 9.02. The Kier molecular flexibility index (Phi) is 7.05. The molecule has 1 aromatic carbocycles. The number of benzene rings is 1. The fraction of sp³-hybridized carbons (Fsp3) is 0.333. The van der Waals surface area contributed by atoms with Gasteiger partial charge in [-0.15, -0.1) is 11.8 Å². The van der Waals surface area contributed by atoms with Crippen molar-refractivity contribution in [2.75, 3.05) is 19.4 Å². The number of halogens is 2. The van der Waals surface area contributed by atoms with Crippen molar-refractivity contribution in [1.29, 1.82) is 0 Å². The van der Waals surface area contributed by atoms with E-state index in [9.17, 15) is 9.59 Å². The molecule has 1 aromatic rings. The van der Waals surface area contributed by atoms with Crippen molar-refractivity contribution in [3.63, 3.8) is 0 Å². The Hall–Kier alpha value is -0.910. The van der Waals surface area contributed by atoms with Crippen LogP contribution in [0.4, 0.5) is 0 Å². The molecule has 4 nitrogen and oxygen atoms in total. The van der Waals surface area contributed by atoms with Crippen LogP contribution < -0.4 is 5.32 Å². The summed E-state index contributed by atoms with van der Waals surface area (Å²) in [5.74, 6) is 0.220. The first-order valence-electron chi connectivity index (χ1n) is 5.38. The second-order valence-electron chi connectivity index (χ2n) is 3.59. The van der Waals surface area contributed by atoms with E-state index in [2.05, 4.69) is 10.1 Å². The molecule has 0 aliphatic heterocycles. The third-order valence-electron chi connectivity index (χ3n) is 2.14. The Labute approximate surface area is 125 Å². The number of ether oxygens (including phenoxy) is 1. The summed E-state index contributed by atoms with van der Waals surface area (Å²) in [7, 11) is 1.27. The second kappa shape index (κ2) is 8.30. The lowest BCUT2D eigenvalue weighted by Crippen LogP contribution is -2.31. The Bertz CT molecular complexity index is 468. The van der Waals surface area contributed by atoms with Crippen LogP contribution in [0.5, 0.6) is 0 Å². The topological polar surface area (TPSA) is 55.4 Å². The predicted octanol–water partition coefficient (Wildman–Crippen LogP) is 2.52. The van der Waals surface area contributed by atoms with E-state index in [4.69, 9.17) is 23.2 Å². The Morgan fingerprint density at radius 3 is 2.68 bits per heavy atom. The van der Waals surface area contributed by atoms with Gasteiger partial charge in [0.1, 0.15) is 6.54 Å². The summed E-state index contributed by atoms with van der Waals surface area (Å²) in [6.07, 6.45) is 0. The van der Waals surface area contributed by atoms with Crippen LogP contribution in [0.15, 0.2) is 18.2 Å². The highest BCUT2D eigenvalue weighted by atomic mass is 35.5. The molecule has 1 N–H and O–H groups in total. The van der Waals surface area contributed by atoms with Gasteiger partial charge in [0, 0.05) is 5.75 Å². The number of carbonyl (C=O) groups excluding carboxylic acids is 2. The summed E-state index contributed by atoms with van der Waals surface area (Å²) in [5.41, 5.74) is 0.986. The quantitative estimate of drug-likeness (QED) is 0.818. The molecule has 0 spiro atoms. The molecule has 0 saturated heterocycles. The number of carbonyl (C=O) groups is 2. The number of amides is 1. The summed E-state index contributed by atoms with van der Waals surface area (Å²) in [4.78, 5) is 22.2. The molecule has 0 atom stereocenters. The lowest BCUT2D eigenvalue weighted by molar-refractivity contribution is -0.140. The van der Waals surface area contributed by atoms with Gasteiger partial charge < -0.3 is 10.1 Å². The SMILES string of the molecule is COC(=O)CNC(=O)CSCc1ccc(Cl)c(Cl)c1. The smallest absolute Gasteiger partial charge is 0.325 e. The van der Waals surface area contributed by atoms with Gasteiger partial charge in [0.05, 0.1) is 22.9 Å². The van der Waals surface area contributed by atoms with E-state index in [1.54, 1.807) is 12.1 Å². The Morgan fingerprint density at radius 1 is 1.32 bits per heavy atom. The van der Waals surface area contributed by atoms with E-state index in [1.807, 2.05) is 6.07 Å². The molecule has 7 heteroatoms. The summed E-state index contributed by atoms with van der Waals surface area (Å²) in [6.45, 7) is -0.108. The number of hydrogen-bond donors (Lipinski definition) is 1. The minimum atomic E-state index is -0.470. The van der Waals surface area contributed by atoms with Crippen LogP contribution in [0, 0.1) is 0 Å². The van der Waals surface area contributed by atoms with Gasteiger partial charge in [-0.25, -0.2) is 0 Å².